The van der Waals surface area contributed by atoms with Crippen LogP contribution in [-0.2, 0) is 20.6 Å². The highest BCUT2D eigenvalue weighted by Gasteiger charge is 2.19. The lowest BCUT2D eigenvalue weighted by Crippen LogP contribution is -2.37. The standard InChI is InChI=1S/C18H24N6O2/c1-11-5-6-12(2)13(9-11)10-24-14-15(21-17(24)20-8-7-19)22(3)18(26)23(4)16(14)25/h5-6,9H,7-8,10,19H2,1-4H3,(H,20,21). The van der Waals surface area contributed by atoms with Crippen LogP contribution in [0.2, 0.25) is 0 Å². The van der Waals surface area contributed by atoms with Crippen LogP contribution in [0, 0.1) is 13.8 Å². The van der Waals surface area contributed by atoms with Gasteiger partial charge in [0.05, 0.1) is 6.54 Å². The summed E-state index contributed by atoms with van der Waals surface area (Å²) in [5, 5.41) is 3.16. The first-order chi connectivity index (χ1) is 12.3. The molecule has 0 saturated carbocycles. The zero-order chi connectivity index (χ0) is 19.0. The summed E-state index contributed by atoms with van der Waals surface area (Å²) < 4.78 is 4.33. The number of fused-ring (bicyclic) bond motifs is 1. The summed E-state index contributed by atoms with van der Waals surface area (Å²) >= 11 is 0. The number of aromatic nitrogens is 4. The quantitative estimate of drug-likeness (QED) is 0.692. The summed E-state index contributed by atoms with van der Waals surface area (Å²) in [5.74, 6) is 0.532. The highest BCUT2D eigenvalue weighted by Crippen LogP contribution is 2.20. The number of nitrogens with one attached hydrogen (secondary N) is 1. The van der Waals surface area contributed by atoms with Crippen LogP contribution in [0.3, 0.4) is 0 Å². The predicted molar refractivity (Wildman–Crippen MR) is 103 cm³/mol. The lowest BCUT2D eigenvalue weighted by Gasteiger charge is -2.13. The van der Waals surface area contributed by atoms with E-state index in [-0.39, 0.29) is 5.56 Å². The molecular formula is C18H24N6O2. The second-order valence-electron chi connectivity index (χ2n) is 6.54. The minimum absolute atomic E-state index is 0.360. The first-order valence-electron chi connectivity index (χ1n) is 8.51. The summed E-state index contributed by atoms with van der Waals surface area (Å²) in [6.45, 7) is 5.50. The van der Waals surface area contributed by atoms with Crippen molar-refractivity contribution in [1.82, 2.24) is 18.7 Å². The van der Waals surface area contributed by atoms with Gasteiger partial charge in [0.25, 0.3) is 5.56 Å². The number of aryl methyl sites for hydroxylation is 3. The van der Waals surface area contributed by atoms with Crippen molar-refractivity contribution >= 4 is 17.1 Å². The van der Waals surface area contributed by atoms with E-state index in [2.05, 4.69) is 28.5 Å². The SMILES string of the molecule is Cc1ccc(C)c(Cn2c(NCCN)nc3c2c(=O)n(C)c(=O)n3C)c1. The largest absolute Gasteiger partial charge is 0.354 e. The Morgan fingerprint density at radius 3 is 2.58 bits per heavy atom. The van der Waals surface area contributed by atoms with E-state index in [0.29, 0.717) is 36.7 Å². The molecule has 0 atom stereocenters. The van der Waals surface area contributed by atoms with Crippen molar-refractivity contribution in [2.45, 2.75) is 20.4 Å². The first-order valence-corrected chi connectivity index (χ1v) is 8.51. The molecule has 0 aliphatic rings. The number of nitrogens with two attached hydrogens (primary N) is 1. The molecule has 0 aliphatic carbocycles. The third-order valence-electron chi connectivity index (χ3n) is 4.61. The van der Waals surface area contributed by atoms with Crippen LogP contribution in [0.15, 0.2) is 27.8 Å². The Balaban J connectivity index is 2.29. The number of rotatable bonds is 5. The van der Waals surface area contributed by atoms with E-state index in [1.165, 1.54) is 11.6 Å². The van der Waals surface area contributed by atoms with Crippen LogP contribution < -0.4 is 22.3 Å². The molecule has 0 unspecified atom stereocenters. The third kappa shape index (κ3) is 2.92. The molecule has 0 spiro atoms. The van der Waals surface area contributed by atoms with Crippen LogP contribution in [0.5, 0.6) is 0 Å². The molecule has 0 bridgehead atoms. The van der Waals surface area contributed by atoms with Crippen LogP contribution in [0.1, 0.15) is 16.7 Å². The van der Waals surface area contributed by atoms with E-state index in [9.17, 15) is 9.59 Å². The summed E-state index contributed by atoms with van der Waals surface area (Å²) in [6.07, 6.45) is 0. The van der Waals surface area contributed by atoms with Gasteiger partial charge in [-0.15, -0.1) is 0 Å². The number of anilines is 1. The molecule has 26 heavy (non-hydrogen) atoms. The van der Waals surface area contributed by atoms with Gasteiger partial charge < -0.3 is 11.1 Å². The van der Waals surface area contributed by atoms with Crippen LogP contribution in [0.4, 0.5) is 5.95 Å². The number of nitrogens with zero attached hydrogens (tertiary/aromatic N) is 4. The van der Waals surface area contributed by atoms with Crippen LogP contribution in [0.25, 0.3) is 11.2 Å². The van der Waals surface area contributed by atoms with Crippen molar-refractivity contribution in [2.75, 3.05) is 18.4 Å². The van der Waals surface area contributed by atoms with E-state index in [1.807, 2.05) is 18.4 Å². The second kappa shape index (κ2) is 6.80. The van der Waals surface area contributed by atoms with Crippen molar-refractivity contribution < 1.29 is 0 Å². The summed E-state index contributed by atoms with van der Waals surface area (Å²) in [7, 11) is 3.10. The monoisotopic (exact) mass is 356 g/mol. The molecular weight excluding hydrogens is 332 g/mol. The molecule has 138 valence electrons. The Kier molecular flexibility index (Phi) is 4.69. The average Bonchev–Trinajstić information content (AvgIpc) is 2.98. The van der Waals surface area contributed by atoms with Gasteiger partial charge in [0.2, 0.25) is 5.95 Å². The molecule has 0 radical (unpaired) electrons. The molecule has 1 aromatic carbocycles. The minimum atomic E-state index is -0.399. The maximum absolute atomic E-state index is 12.8. The van der Waals surface area contributed by atoms with Crippen molar-refractivity contribution in [3.05, 3.63) is 55.7 Å². The Hall–Kier alpha value is -2.87. The fourth-order valence-electron chi connectivity index (χ4n) is 3.06. The zero-order valence-corrected chi connectivity index (χ0v) is 15.5. The van der Waals surface area contributed by atoms with Crippen molar-refractivity contribution in [3.8, 4) is 0 Å². The van der Waals surface area contributed by atoms with E-state index < -0.39 is 5.69 Å². The van der Waals surface area contributed by atoms with Gasteiger partial charge in [-0.3, -0.25) is 18.5 Å². The molecule has 8 heteroatoms. The Bertz CT molecular complexity index is 1090. The fraction of sp³-hybridized carbons (Fsp3) is 0.389. The van der Waals surface area contributed by atoms with Crippen LogP contribution in [-0.4, -0.2) is 31.8 Å². The Morgan fingerprint density at radius 2 is 1.88 bits per heavy atom. The number of hydrogen-bond acceptors (Lipinski definition) is 5. The topological polar surface area (TPSA) is 99.9 Å². The van der Waals surface area contributed by atoms with Gasteiger partial charge >= 0.3 is 5.69 Å². The smallest absolute Gasteiger partial charge is 0.332 e. The number of hydrogen-bond donors (Lipinski definition) is 2. The molecule has 8 nitrogen and oxygen atoms in total. The van der Waals surface area contributed by atoms with E-state index in [4.69, 9.17) is 5.73 Å². The van der Waals surface area contributed by atoms with E-state index in [0.717, 1.165) is 21.3 Å². The molecule has 0 fully saturated rings. The van der Waals surface area contributed by atoms with Crippen molar-refractivity contribution in [2.24, 2.45) is 19.8 Å². The molecule has 2 aromatic heterocycles. The zero-order valence-electron chi connectivity index (χ0n) is 15.5. The van der Waals surface area contributed by atoms with E-state index in [1.54, 1.807) is 7.05 Å². The Labute approximate surface area is 150 Å². The van der Waals surface area contributed by atoms with Gasteiger partial charge in [-0.2, -0.15) is 4.98 Å². The molecule has 3 N–H and O–H groups in total. The third-order valence-corrected chi connectivity index (χ3v) is 4.61. The van der Waals surface area contributed by atoms with Gasteiger partial charge in [0, 0.05) is 27.2 Å². The summed E-state index contributed by atoms with van der Waals surface area (Å²) in [5.41, 5.74) is 8.98. The lowest BCUT2D eigenvalue weighted by atomic mass is 10.1. The normalized spacial score (nSPS) is 11.3. The molecule has 0 amide bonds. The van der Waals surface area contributed by atoms with Gasteiger partial charge in [0.1, 0.15) is 0 Å². The minimum Gasteiger partial charge on any atom is -0.354 e. The van der Waals surface area contributed by atoms with Gasteiger partial charge in [0.15, 0.2) is 11.2 Å². The van der Waals surface area contributed by atoms with E-state index >= 15 is 0 Å². The highest BCUT2D eigenvalue weighted by molar-refractivity contribution is 5.74. The van der Waals surface area contributed by atoms with Crippen molar-refractivity contribution in [3.63, 3.8) is 0 Å². The van der Waals surface area contributed by atoms with Crippen LogP contribution >= 0.6 is 0 Å². The number of benzene rings is 1. The average molecular weight is 356 g/mol. The summed E-state index contributed by atoms with van der Waals surface area (Å²) in [6, 6.07) is 6.21. The first kappa shape index (κ1) is 17.9. The predicted octanol–water partition coefficient (Wildman–Crippen LogP) is 0.469. The van der Waals surface area contributed by atoms with Crippen molar-refractivity contribution in [1.29, 1.82) is 0 Å². The van der Waals surface area contributed by atoms with Gasteiger partial charge in [-0.1, -0.05) is 23.8 Å². The summed E-state index contributed by atoms with van der Waals surface area (Å²) in [4.78, 5) is 29.5. The maximum atomic E-state index is 12.8. The molecule has 3 aromatic rings. The Morgan fingerprint density at radius 1 is 1.15 bits per heavy atom. The van der Waals surface area contributed by atoms with Gasteiger partial charge in [-0.05, 0) is 25.0 Å². The highest BCUT2D eigenvalue weighted by atomic mass is 16.2. The number of imidazole rings is 1. The molecule has 2 heterocycles. The molecule has 0 aliphatic heterocycles. The molecule has 3 rings (SSSR count). The van der Waals surface area contributed by atoms with Gasteiger partial charge in [-0.25, -0.2) is 4.79 Å². The molecule has 0 saturated heterocycles. The fourth-order valence-corrected chi connectivity index (χ4v) is 3.06. The maximum Gasteiger partial charge on any atom is 0.332 e. The second-order valence-corrected chi connectivity index (χ2v) is 6.54. The lowest BCUT2D eigenvalue weighted by molar-refractivity contribution is 0.702.